The van der Waals surface area contributed by atoms with Gasteiger partial charge in [-0.1, -0.05) is 148 Å². The molecule has 0 fully saturated rings. The molecule has 7 aromatic carbocycles. The number of aryl methyl sites for hydroxylation is 2. The Kier molecular flexibility index (Phi) is 10.2. The molecule has 4 heteroatoms. The smallest absolute Gasteiger partial charge is 0.149 e. The van der Waals surface area contributed by atoms with E-state index in [1.807, 2.05) is 6.20 Å². The number of aromatic nitrogens is 3. The minimum Gasteiger partial charge on any atom is -0.507 e. The van der Waals surface area contributed by atoms with Gasteiger partial charge >= 0.3 is 0 Å². The second-order valence-electron chi connectivity index (χ2n) is 16.6. The summed E-state index contributed by atoms with van der Waals surface area (Å²) in [4.78, 5) is 10.5. The summed E-state index contributed by atoms with van der Waals surface area (Å²) in [5.74, 6) is 1.35. The van der Waals surface area contributed by atoms with Crippen LogP contribution in [0.25, 0.3) is 83.9 Å². The first-order chi connectivity index (χ1) is 29.1. The Morgan fingerprint density at radius 3 is 1.87 bits per heavy atom. The molecule has 0 aliphatic carbocycles. The van der Waals surface area contributed by atoms with Crippen molar-refractivity contribution in [2.24, 2.45) is 0 Å². The Balaban J connectivity index is 1.33. The van der Waals surface area contributed by atoms with Crippen LogP contribution in [0.2, 0.25) is 0 Å². The molecule has 294 valence electrons. The lowest BCUT2D eigenvalue weighted by Crippen LogP contribution is -2.03. The van der Waals surface area contributed by atoms with Crippen molar-refractivity contribution < 1.29 is 5.11 Å². The van der Waals surface area contributed by atoms with Crippen LogP contribution in [0, 0.1) is 13.8 Å². The number of aromatic hydroxyl groups is 1. The van der Waals surface area contributed by atoms with Gasteiger partial charge in [0, 0.05) is 22.9 Å². The number of para-hydroxylation sites is 1. The van der Waals surface area contributed by atoms with Crippen molar-refractivity contribution in [3.05, 3.63) is 192 Å². The van der Waals surface area contributed by atoms with Gasteiger partial charge in [0.1, 0.15) is 11.6 Å². The van der Waals surface area contributed by atoms with Crippen LogP contribution in [0.5, 0.6) is 5.75 Å². The second kappa shape index (κ2) is 16.0. The van der Waals surface area contributed by atoms with Crippen molar-refractivity contribution in [2.75, 3.05) is 0 Å². The normalized spacial score (nSPS) is 11.5. The average molecular weight is 780 g/mol. The third-order valence-electron chi connectivity index (χ3n) is 11.6. The summed E-state index contributed by atoms with van der Waals surface area (Å²) in [6.07, 6.45) is 1.91. The molecule has 9 rings (SSSR count). The van der Waals surface area contributed by atoms with Gasteiger partial charge in [-0.05, 0) is 125 Å². The van der Waals surface area contributed by atoms with Crippen molar-refractivity contribution in [3.63, 3.8) is 0 Å². The van der Waals surface area contributed by atoms with Gasteiger partial charge < -0.3 is 5.11 Å². The first-order valence-corrected chi connectivity index (χ1v) is 20.9. The van der Waals surface area contributed by atoms with E-state index in [0.29, 0.717) is 5.82 Å². The van der Waals surface area contributed by atoms with Gasteiger partial charge in [-0.2, -0.15) is 0 Å². The molecule has 0 aliphatic heterocycles. The fraction of sp³-hybridized carbons (Fsp3) is 0.143. The molecule has 0 unspecified atom stereocenters. The number of nitrogens with zero attached hydrogens (tertiary/aromatic N) is 3. The summed E-state index contributed by atoms with van der Waals surface area (Å²) in [6, 6.07) is 58.1. The quantitative estimate of drug-likeness (QED) is 0.159. The van der Waals surface area contributed by atoms with Crippen molar-refractivity contribution in [1.29, 1.82) is 0 Å². The molecule has 1 N–H and O–H groups in total. The van der Waals surface area contributed by atoms with Gasteiger partial charge in [0.05, 0.1) is 28.0 Å². The number of phenols is 1. The summed E-state index contributed by atoms with van der Waals surface area (Å²) < 4.78 is 2.26. The summed E-state index contributed by atoms with van der Waals surface area (Å²) >= 11 is 0. The van der Waals surface area contributed by atoms with Crippen LogP contribution in [0.3, 0.4) is 0 Å². The van der Waals surface area contributed by atoms with E-state index in [4.69, 9.17) is 9.97 Å². The van der Waals surface area contributed by atoms with Crippen molar-refractivity contribution in [2.45, 2.75) is 53.4 Å². The highest BCUT2D eigenvalue weighted by Crippen LogP contribution is 2.44. The maximum absolute atomic E-state index is 12.2. The van der Waals surface area contributed by atoms with E-state index in [2.05, 4.69) is 210 Å². The van der Waals surface area contributed by atoms with Crippen molar-refractivity contribution >= 4 is 11.0 Å². The van der Waals surface area contributed by atoms with E-state index in [0.717, 1.165) is 89.2 Å². The van der Waals surface area contributed by atoms with Crippen molar-refractivity contribution in [3.8, 4) is 78.6 Å². The topological polar surface area (TPSA) is 50.9 Å². The Morgan fingerprint density at radius 1 is 0.483 bits per heavy atom. The van der Waals surface area contributed by atoms with E-state index in [9.17, 15) is 5.11 Å². The Hall–Kier alpha value is -7.04. The molecule has 4 nitrogen and oxygen atoms in total. The van der Waals surface area contributed by atoms with E-state index >= 15 is 0 Å². The van der Waals surface area contributed by atoms with E-state index < -0.39 is 0 Å². The zero-order valence-corrected chi connectivity index (χ0v) is 35.1. The fourth-order valence-electron chi connectivity index (χ4n) is 8.32. The summed E-state index contributed by atoms with van der Waals surface area (Å²) in [5.41, 5.74) is 18.7. The van der Waals surface area contributed by atoms with Gasteiger partial charge in [-0.15, -0.1) is 0 Å². The number of hydrogen-bond donors (Lipinski definition) is 1. The number of hydrogen-bond acceptors (Lipinski definition) is 3. The van der Waals surface area contributed by atoms with E-state index in [1.165, 1.54) is 11.1 Å². The van der Waals surface area contributed by atoms with Crippen LogP contribution in [-0.4, -0.2) is 19.6 Å². The molecule has 0 spiro atoms. The minimum atomic E-state index is 0.118. The molecule has 0 amide bonds. The number of pyridine rings is 1. The predicted octanol–water partition coefficient (Wildman–Crippen LogP) is 15.0. The molecular formula is C56H49N3O. The Morgan fingerprint density at radius 2 is 1.15 bits per heavy atom. The lowest BCUT2D eigenvalue weighted by molar-refractivity contribution is 0.466. The van der Waals surface area contributed by atoms with Gasteiger partial charge in [0.15, 0.2) is 0 Å². The minimum absolute atomic E-state index is 0.118. The van der Waals surface area contributed by atoms with Gasteiger partial charge in [-0.3, -0.25) is 9.55 Å². The molecule has 2 heterocycles. The average Bonchev–Trinajstić information content (AvgIpc) is 3.66. The first-order valence-electron chi connectivity index (χ1n) is 20.9. The molecule has 0 atom stereocenters. The number of benzene rings is 7. The van der Waals surface area contributed by atoms with Gasteiger partial charge in [0.25, 0.3) is 0 Å². The number of fused-ring (bicyclic) bond motifs is 1. The van der Waals surface area contributed by atoms with Crippen LogP contribution in [0.1, 0.15) is 61.8 Å². The van der Waals surface area contributed by atoms with Crippen LogP contribution in [0.4, 0.5) is 0 Å². The summed E-state index contributed by atoms with van der Waals surface area (Å²) in [5, 5.41) is 12.2. The van der Waals surface area contributed by atoms with Gasteiger partial charge in [0.2, 0.25) is 0 Å². The molecule has 0 aliphatic rings. The maximum atomic E-state index is 12.2. The standard InChI is InChI=1S/C56H49N3O/c1-35(2)43-32-48(36(3)4)55(60)50(33-43)56-58-54-47(18-13-19-53(54)59(56)52-25-22-38(6)28-49(52)41-16-11-8-12-17-41)45-29-44(39-14-9-7-10-15-39)30-46(31-45)51-34-42(26-27-57-51)40-23-20-37(5)21-24-40/h7-36,60H,1-6H3. The third kappa shape index (κ3) is 7.30. The summed E-state index contributed by atoms with van der Waals surface area (Å²) in [7, 11) is 0. The monoisotopic (exact) mass is 779 g/mol. The highest BCUT2D eigenvalue weighted by Gasteiger charge is 2.25. The molecule has 60 heavy (non-hydrogen) atoms. The van der Waals surface area contributed by atoms with Crippen LogP contribution in [-0.2, 0) is 0 Å². The Labute approximate surface area is 353 Å². The molecule has 2 aromatic heterocycles. The van der Waals surface area contributed by atoms with Crippen LogP contribution >= 0.6 is 0 Å². The first kappa shape index (κ1) is 38.5. The molecule has 0 saturated carbocycles. The summed E-state index contributed by atoms with van der Waals surface area (Å²) in [6.45, 7) is 12.9. The number of imidazole rings is 1. The van der Waals surface area contributed by atoms with Crippen LogP contribution < -0.4 is 0 Å². The molecular weight excluding hydrogens is 731 g/mol. The second-order valence-corrected chi connectivity index (χ2v) is 16.6. The zero-order valence-electron chi connectivity index (χ0n) is 35.1. The fourth-order valence-corrected chi connectivity index (χ4v) is 8.32. The van der Waals surface area contributed by atoms with E-state index in [-0.39, 0.29) is 17.6 Å². The highest BCUT2D eigenvalue weighted by atomic mass is 16.3. The predicted molar refractivity (Wildman–Crippen MR) is 251 cm³/mol. The molecule has 0 bridgehead atoms. The molecule has 0 radical (unpaired) electrons. The third-order valence-corrected chi connectivity index (χ3v) is 11.6. The van der Waals surface area contributed by atoms with E-state index in [1.54, 1.807) is 0 Å². The van der Waals surface area contributed by atoms with Gasteiger partial charge in [-0.25, -0.2) is 4.98 Å². The zero-order chi connectivity index (χ0) is 41.5. The largest absolute Gasteiger partial charge is 0.507 e. The van der Waals surface area contributed by atoms with Crippen molar-refractivity contribution in [1.82, 2.24) is 14.5 Å². The highest BCUT2D eigenvalue weighted by molar-refractivity contribution is 5.98. The number of rotatable bonds is 9. The number of phenolic OH excluding ortho intramolecular Hbond substituents is 1. The van der Waals surface area contributed by atoms with Crippen LogP contribution in [0.15, 0.2) is 170 Å². The lowest BCUT2D eigenvalue weighted by atomic mass is 9.91. The SMILES string of the molecule is Cc1ccc(-c2ccnc(-c3cc(-c4ccccc4)cc(-c4cccc5c4nc(-c4cc(C(C)C)cc(C(C)C)c4O)n5-c4ccc(C)cc4-c4ccccc4)c3)c2)cc1. The Bertz CT molecular complexity index is 3000. The molecule has 9 aromatic rings. The maximum Gasteiger partial charge on any atom is 0.149 e. The lowest BCUT2D eigenvalue weighted by Gasteiger charge is -2.19. The molecule has 0 saturated heterocycles.